The lowest BCUT2D eigenvalue weighted by Gasteiger charge is -2.29. The Labute approximate surface area is 217 Å². The van der Waals surface area contributed by atoms with Gasteiger partial charge in [0.05, 0.1) is 0 Å². The van der Waals surface area contributed by atoms with Gasteiger partial charge in [-0.15, -0.1) is 11.8 Å². The Kier molecular flexibility index (Phi) is 7.43. The minimum absolute atomic E-state index is 0.0132. The molecule has 202 valence electrons. The first-order valence-corrected chi connectivity index (χ1v) is 14.3. The van der Waals surface area contributed by atoms with E-state index in [1.165, 1.54) is 48.0 Å². The molecule has 1 aliphatic carbocycles. The number of carboxylic acid groups (broad SMARTS) is 1. The summed E-state index contributed by atoms with van der Waals surface area (Å²) in [6.45, 7) is 0.594. The highest BCUT2D eigenvalue weighted by Gasteiger charge is 2.51. The number of anilines is 2. The van der Waals surface area contributed by atoms with Crippen molar-refractivity contribution in [3.8, 4) is 5.75 Å². The average molecular weight is 560 g/mol. The summed E-state index contributed by atoms with van der Waals surface area (Å²) >= 11 is 1.18. The summed E-state index contributed by atoms with van der Waals surface area (Å²) in [4.78, 5) is 17.4. The second-order valence-corrected chi connectivity index (χ2v) is 12.3. The number of rotatable bonds is 9. The van der Waals surface area contributed by atoms with E-state index in [9.17, 15) is 31.5 Å². The number of aromatic nitrogens is 1. The number of thioether (sulfide) groups is 1. The molecule has 1 aromatic carbocycles. The first-order chi connectivity index (χ1) is 17.3. The molecule has 37 heavy (non-hydrogen) atoms. The van der Waals surface area contributed by atoms with E-state index >= 15 is 0 Å². The van der Waals surface area contributed by atoms with Crippen molar-refractivity contribution in [3.63, 3.8) is 0 Å². The first-order valence-electron chi connectivity index (χ1n) is 11.6. The van der Waals surface area contributed by atoms with Crippen molar-refractivity contribution < 1.29 is 36.2 Å². The number of halogens is 3. The van der Waals surface area contributed by atoms with Crippen LogP contribution in [0.15, 0.2) is 40.3 Å². The number of alkyl halides is 2. The molecule has 1 fully saturated rings. The fourth-order valence-electron chi connectivity index (χ4n) is 4.20. The highest BCUT2D eigenvalue weighted by atomic mass is 32.2. The van der Waals surface area contributed by atoms with Crippen LogP contribution >= 0.6 is 11.8 Å². The SMILES string of the molecule is CSc1nc2c(cc1OCC1(C(=O)O)CC1)S(=O)(=O)N(C)[C@H](CCC(C)(F)F)CN2c1cccc(F)c1. The third kappa shape index (κ3) is 5.68. The maximum Gasteiger partial charge on any atom is 0.313 e. The topological polar surface area (TPSA) is 100 Å². The predicted molar refractivity (Wildman–Crippen MR) is 133 cm³/mol. The average Bonchev–Trinajstić information content (AvgIpc) is 3.63. The molecule has 0 bridgehead atoms. The zero-order chi connectivity index (χ0) is 27.2. The maximum atomic E-state index is 14.2. The number of aliphatic carboxylic acids is 1. The molecule has 0 unspecified atom stereocenters. The molecule has 0 radical (unpaired) electrons. The van der Waals surface area contributed by atoms with Gasteiger partial charge in [-0.05, 0) is 50.6 Å². The predicted octanol–water partition coefficient (Wildman–Crippen LogP) is 4.76. The molecule has 13 heteroatoms. The van der Waals surface area contributed by atoms with Crippen LogP contribution in [0.2, 0.25) is 0 Å². The summed E-state index contributed by atoms with van der Waals surface area (Å²) in [5.74, 6) is -4.42. The fraction of sp³-hybridized carbons (Fsp3) is 0.500. The Hall–Kier alpha value is -2.51. The third-order valence-corrected chi connectivity index (χ3v) is 9.35. The zero-order valence-corrected chi connectivity index (χ0v) is 22.2. The number of carbonyl (C=O) groups is 1. The Morgan fingerprint density at radius 3 is 2.59 bits per heavy atom. The van der Waals surface area contributed by atoms with Gasteiger partial charge in [0.15, 0.2) is 11.6 Å². The van der Waals surface area contributed by atoms with Gasteiger partial charge in [-0.2, -0.15) is 4.31 Å². The van der Waals surface area contributed by atoms with E-state index in [2.05, 4.69) is 4.98 Å². The number of carboxylic acids is 1. The second-order valence-electron chi connectivity index (χ2n) is 9.57. The largest absolute Gasteiger partial charge is 0.490 e. The van der Waals surface area contributed by atoms with Gasteiger partial charge in [-0.3, -0.25) is 4.79 Å². The number of pyridine rings is 1. The summed E-state index contributed by atoms with van der Waals surface area (Å²) in [6, 6.07) is 5.95. The minimum atomic E-state index is -4.24. The molecule has 1 saturated carbocycles. The minimum Gasteiger partial charge on any atom is -0.490 e. The molecule has 1 aliphatic heterocycles. The molecule has 0 saturated heterocycles. The van der Waals surface area contributed by atoms with E-state index < -0.39 is 45.6 Å². The second kappa shape index (κ2) is 9.99. The van der Waals surface area contributed by atoms with Crippen molar-refractivity contribution in [3.05, 3.63) is 36.1 Å². The van der Waals surface area contributed by atoms with E-state index in [4.69, 9.17) is 4.74 Å². The fourth-order valence-corrected chi connectivity index (χ4v) is 6.21. The van der Waals surface area contributed by atoms with Crippen LogP contribution in [-0.2, 0) is 14.8 Å². The van der Waals surface area contributed by atoms with E-state index in [-0.39, 0.29) is 36.0 Å². The van der Waals surface area contributed by atoms with Crippen molar-refractivity contribution in [2.24, 2.45) is 5.41 Å². The molecule has 1 aromatic heterocycles. The van der Waals surface area contributed by atoms with Gasteiger partial charge in [-0.1, -0.05) is 6.07 Å². The Morgan fingerprint density at radius 2 is 2.03 bits per heavy atom. The van der Waals surface area contributed by atoms with Crippen LogP contribution in [0.4, 0.5) is 24.7 Å². The van der Waals surface area contributed by atoms with E-state index in [1.54, 1.807) is 12.3 Å². The molecule has 1 N–H and O–H groups in total. The Bertz CT molecular complexity index is 1300. The Morgan fingerprint density at radius 1 is 1.32 bits per heavy atom. The van der Waals surface area contributed by atoms with Gasteiger partial charge < -0.3 is 14.7 Å². The molecular weight excluding hydrogens is 531 g/mol. The number of nitrogens with zero attached hydrogens (tertiary/aromatic N) is 3. The van der Waals surface area contributed by atoms with Crippen LogP contribution in [0.5, 0.6) is 5.75 Å². The molecule has 2 aromatic rings. The van der Waals surface area contributed by atoms with Gasteiger partial charge in [-0.25, -0.2) is 26.6 Å². The van der Waals surface area contributed by atoms with Gasteiger partial charge in [0.2, 0.25) is 15.9 Å². The standard InChI is InChI=1S/C24H28F3N3O5S2/c1-23(26,27)8-7-17-13-30(16-6-4-5-15(25)11-16)20-19(37(33,34)29(17)2)12-18(21(28-20)36-3)35-14-24(9-10-24)22(31)32/h4-6,11-12,17H,7-10,13-14H2,1-3H3,(H,31,32)/t17-/m1/s1. The molecule has 0 amide bonds. The number of fused-ring (bicyclic) bond motifs is 1. The molecular formula is C24H28F3N3O5S2. The number of benzene rings is 1. The van der Waals surface area contributed by atoms with Gasteiger partial charge in [0.25, 0.3) is 0 Å². The molecule has 2 aliphatic rings. The lowest BCUT2D eigenvalue weighted by atomic mass is 10.1. The van der Waals surface area contributed by atoms with Crippen LogP contribution in [0.1, 0.15) is 32.6 Å². The van der Waals surface area contributed by atoms with Crippen LogP contribution in [0.3, 0.4) is 0 Å². The van der Waals surface area contributed by atoms with Crippen molar-refractivity contribution in [2.45, 2.75) is 54.5 Å². The zero-order valence-electron chi connectivity index (χ0n) is 20.6. The first kappa shape index (κ1) is 27.5. The van der Waals surface area contributed by atoms with Crippen molar-refractivity contribution in [1.82, 2.24) is 9.29 Å². The van der Waals surface area contributed by atoms with E-state index in [0.29, 0.717) is 23.6 Å². The molecule has 8 nitrogen and oxygen atoms in total. The van der Waals surface area contributed by atoms with Crippen molar-refractivity contribution in [1.29, 1.82) is 0 Å². The van der Waals surface area contributed by atoms with Gasteiger partial charge in [0, 0.05) is 37.8 Å². The third-order valence-electron chi connectivity index (χ3n) is 6.76. The summed E-state index contributed by atoms with van der Waals surface area (Å²) in [5.41, 5.74) is -0.696. The highest BCUT2D eigenvalue weighted by Crippen LogP contribution is 2.47. The number of likely N-dealkylation sites (N-methyl/N-ethyl adjacent to an activating group) is 1. The van der Waals surface area contributed by atoms with E-state index in [1.807, 2.05) is 0 Å². The molecule has 2 heterocycles. The normalized spacial score (nSPS) is 20.7. The van der Waals surface area contributed by atoms with Gasteiger partial charge >= 0.3 is 5.97 Å². The lowest BCUT2D eigenvalue weighted by Crippen LogP contribution is -2.41. The number of hydrogen-bond acceptors (Lipinski definition) is 7. The van der Waals surface area contributed by atoms with Crippen LogP contribution in [-0.4, -0.2) is 67.2 Å². The quantitative estimate of drug-likeness (QED) is 0.439. The summed E-state index contributed by atoms with van der Waals surface area (Å²) < 4.78 is 75.9. The summed E-state index contributed by atoms with van der Waals surface area (Å²) in [7, 11) is -2.92. The summed E-state index contributed by atoms with van der Waals surface area (Å²) in [5, 5.41) is 9.80. The number of hydrogen-bond donors (Lipinski definition) is 1. The monoisotopic (exact) mass is 559 g/mol. The smallest absolute Gasteiger partial charge is 0.313 e. The Balaban J connectivity index is 1.83. The van der Waals surface area contributed by atoms with Gasteiger partial charge in [0.1, 0.15) is 27.8 Å². The molecule has 4 rings (SSSR count). The van der Waals surface area contributed by atoms with Crippen LogP contribution in [0.25, 0.3) is 0 Å². The van der Waals surface area contributed by atoms with Crippen LogP contribution in [0, 0.1) is 11.2 Å². The van der Waals surface area contributed by atoms with Crippen molar-refractivity contribution >= 4 is 39.3 Å². The van der Waals surface area contributed by atoms with E-state index in [0.717, 1.165) is 11.2 Å². The highest BCUT2D eigenvalue weighted by molar-refractivity contribution is 7.98. The summed E-state index contributed by atoms with van der Waals surface area (Å²) in [6.07, 6.45) is 1.93. The number of sulfonamides is 1. The van der Waals surface area contributed by atoms with Crippen LogP contribution < -0.4 is 9.64 Å². The number of ether oxygens (including phenoxy) is 1. The van der Waals surface area contributed by atoms with Crippen molar-refractivity contribution in [2.75, 3.05) is 31.4 Å². The maximum absolute atomic E-state index is 14.2. The lowest BCUT2D eigenvalue weighted by molar-refractivity contribution is -0.144. The molecule has 0 spiro atoms. The molecule has 1 atom stereocenters.